The van der Waals surface area contributed by atoms with Crippen LogP contribution >= 0.6 is 0 Å². The lowest BCUT2D eigenvalue weighted by atomic mass is 9.98. The molecule has 1 aromatic heterocycles. The number of likely N-dealkylation sites (N-methyl/N-ethyl adjacent to an activating group) is 1. The number of nitrogens with one attached hydrogen (secondary N) is 1. The summed E-state index contributed by atoms with van der Waals surface area (Å²) in [6.45, 7) is 6.23. The Hall–Kier alpha value is -3.39. The number of carbonyl (C=O) groups excluding carboxylic acids is 1. The average Bonchev–Trinajstić information content (AvgIpc) is 3.59. The van der Waals surface area contributed by atoms with Crippen LogP contribution in [0, 0.1) is 5.41 Å². The molecule has 6 rings (SSSR count). The molecule has 1 N–H and O–H groups in total. The number of nitrogens with zero attached hydrogens (tertiary/aromatic N) is 5. The molecule has 2 aliphatic heterocycles. The van der Waals surface area contributed by atoms with E-state index in [1.165, 1.54) is 40.4 Å². The van der Waals surface area contributed by atoms with Crippen molar-refractivity contribution in [1.82, 2.24) is 20.2 Å². The highest BCUT2D eigenvalue weighted by Crippen LogP contribution is 2.46. The summed E-state index contributed by atoms with van der Waals surface area (Å²) in [5.74, 6) is 1.07. The van der Waals surface area contributed by atoms with Gasteiger partial charge in [-0.2, -0.15) is 9.97 Å². The smallest absolute Gasteiger partial charge is 0.318 e. The molecule has 40 heavy (non-hydrogen) atoms. The summed E-state index contributed by atoms with van der Waals surface area (Å²) in [7, 11) is 6.32. The van der Waals surface area contributed by atoms with Crippen LogP contribution in [0.2, 0.25) is 0 Å². The van der Waals surface area contributed by atoms with Gasteiger partial charge in [-0.25, -0.2) is 0 Å². The maximum Gasteiger partial charge on any atom is 0.318 e. The number of benzene rings is 2. The van der Waals surface area contributed by atoms with Crippen LogP contribution in [0.5, 0.6) is 6.01 Å². The van der Waals surface area contributed by atoms with Crippen molar-refractivity contribution in [3.05, 3.63) is 53.2 Å². The summed E-state index contributed by atoms with van der Waals surface area (Å²) in [4.78, 5) is 28.8. The Bertz CT molecular complexity index is 1400. The molecule has 1 atom stereocenters. The van der Waals surface area contributed by atoms with Gasteiger partial charge >= 0.3 is 6.01 Å². The topological polar surface area (TPSA) is 73.8 Å². The Balaban J connectivity index is 1.32. The number of ether oxygens (including phenoxy) is 1. The second kappa shape index (κ2) is 10.9. The average molecular weight is 543 g/mol. The first-order valence-electron chi connectivity index (χ1n) is 14.8. The van der Waals surface area contributed by atoms with Crippen LogP contribution in [-0.4, -0.2) is 74.2 Å². The molecule has 2 aromatic carbocycles. The highest BCUT2D eigenvalue weighted by Gasteiger charge is 2.44. The fourth-order valence-electron chi connectivity index (χ4n) is 6.57. The van der Waals surface area contributed by atoms with Gasteiger partial charge in [0.05, 0.1) is 18.8 Å². The van der Waals surface area contributed by atoms with Gasteiger partial charge in [0.25, 0.3) is 0 Å². The first-order chi connectivity index (χ1) is 19.3. The standard InChI is InChI=1S/C32H42N6O2/c1-5-22-8-6-9-23-10-7-11-27(29(22)23)38-17-14-25-26(19-38)34-31(40-21-32(15-16-32)20-36(2)3)35-30(25)37(4)18-24-12-13-28(39)33-24/h6-11,24H,5,12-21H2,1-4H3,(H,33,39). The second-order valence-electron chi connectivity index (χ2n) is 12.3. The number of amides is 1. The summed E-state index contributed by atoms with van der Waals surface area (Å²) in [6.07, 6.45) is 5.68. The molecule has 8 nitrogen and oxygen atoms in total. The van der Waals surface area contributed by atoms with Gasteiger partial charge in [-0.15, -0.1) is 0 Å². The van der Waals surface area contributed by atoms with E-state index in [0.717, 1.165) is 57.0 Å². The first-order valence-corrected chi connectivity index (χ1v) is 14.8. The van der Waals surface area contributed by atoms with Crippen molar-refractivity contribution in [2.75, 3.05) is 57.2 Å². The number of aromatic nitrogens is 2. The number of anilines is 2. The number of aryl methyl sites for hydroxylation is 1. The maximum atomic E-state index is 11.8. The van der Waals surface area contributed by atoms with Gasteiger partial charge in [-0.1, -0.05) is 37.3 Å². The molecule has 1 aliphatic carbocycles. The lowest BCUT2D eigenvalue weighted by Gasteiger charge is -2.34. The fraction of sp³-hybridized carbons (Fsp3) is 0.531. The highest BCUT2D eigenvalue weighted by molar-refractivity contribution is 5.97. The van der Waals surface area contributed by atoms with Crippen molar-refractivity contribution in [1.29, 1.82) is 0 Å². The molecule has 212 valence electrons. The number of fused-ring (bicyclic) bond motifs is 2. The minimum absolute atomic E-state index is 0.139. The van der Waals surface area contributed by atoms with Crippen molar-refractivity contribution in [3.63, 3.8) is 0 Å². The summed E-state index contributed by atoms with van der Waals surface area (Å²) < 4.78 is 6.36. The molecule has 8 heteroatoms. The highest BCUT2D eigenvalue weighted by atomic mass is 16.5. The number of hydrogen-bond donors (Lipinski definition) is 1. The number of carbonyl (C=O) groups is 1. The van der Waals surface area contributed by atoms with Crippen LogP contribution in [0.25, 0.3) is 10.8 Å². The fourth-order valence-corrected chi connectivity index (χ4v) is 6.57. The quantitative estimate of drug-likeness (QED) is 0.412. The van der Waals surface area contributed by atoms with Crippen LogP contribution in [-0.2, 0) is 24.2 Å². The van der Waals surface area contributed by atoms with Gasteiger partial charge in [0, 0.05) is 61.2 Å². The van der Waals surface area contributed by atoms with Gasteiger partial charge in [0.15, 0.2) is 0 Å². The Labute approximate surface area is 237 Å². The van der Waals surface area contributed by atoms with Gasteiger partial charge in [-0.05, 0) is 63.2 Å². The monoisotopic (exact) mass is 542 g/mol. The summed E-state index contributed by atoms with van der Waals surface area (Å²) in [6, 6.07) is 13.8. The van der Waals surface area contributed by atoms with E-state index in [0.29, 0.717) is 19.0 Å². The normalized spacial score (nSPS) is 19.6. The molecule has 3 aromatic rings. The van der Waals surface area contributed by atoms with Gasteiger partial charge in [0.2, 0.25) is 5.91 Å². The zero-order chi connectivity index (χ0) is 27.9. The van der Waals surface area contributed by atoms with E-state index in [1.807, 2.05) is 0 Å². The summed E-state index contributed by atoms with van der Waals surface area (Å²) in [5.41, 5.74) is 5.08. The predicted octanol–water partition coefficient (Wildman–Crippen LogP) is 4.19. The van der Waals surface area contributed by atoms with E-state index in [4.69, 9.17) is 14.7 Å². The lowest BCUT2D eigenvalue weighted by molar-refractivity contribution is -0.119. The van der Waals surface area contributed by atoms with Crippen LogP contribution < -0.4 is 19.9 Å². The van der Waals surface area contributed by atoms with Crippen LogP contribution in [0.1, 0.15) is 49.4 Å². The molecule has 3 aliphatic rings. The Morgan fingerprint density at radius 2 is 1.90 bits per heavy atom. The van der Waals surface area contributed by atoms with E-state index in [1.54, 1.807) is 0 Å². The van der Waals surface area contributed by atoms with Gasteiger partial charge < -0.3 is 24.8 Å². The van der Waals surface area contributed by atoms with E-state index in [2.05, 4.69) is 84.5 Å². The summed E-state index contributed by atoms with van der Waals surface area (Å²) in [5, 5.41) is 5.73. The van der Waals surface area contributed by atoms with Crippen LogP contribution in [0.15, 0.2) is 36.4 Å². The third-order valence-corrected chi connectivity index (χ3v) is 8.77. The molecule has 1 amide bonds. The Morgan fingerprint density at radius 1 is 1.10 bits per heavy atom. The predicted molar refractivity (Wildman–Crippen MR) is 160 cm³/mol. The SMILES string of the molecule is CCc1cccc2cccc(N3CCc4c(nc(OCC5(CN(C)C)CC5)nc4N(C)CC4CCC(=O)N4)C3)c12. The zero-order valence-electron chi connectivity index (χ0n) is 24.4. The number of rotatable bonds is 10. The molecule has 0 bridgehead atoms. The van der Waals surface area contributed by atoms with E-state index in [-0.39, 0.29) is 17.4 Å². The van der Waals surface area contributed by atoms with E-state index in [9.17, 15) is 4.79 Å². The molecule has 1 saturated carbocycles. The van der Waals surface area contributed by atoms with E-state index >= 15 is 0 Å². The molecule has 1 unspecified atom stereocenters. The molecule has 2 fully saturated rings. The van der Waals surface area contributed by atoms with Gasteiger partial charge in [0.1, 0.15) is 5.82 Å². The lowest BCUT2D eigenvalue weighted by Crippen LogP contribution is -2.39. The first kappa shape index (κ1) is 26.8. The van der Waals surface area contributed by atoms with E-state index < -0.39 is 0 Å². The molecule has 0 radical (unpaired) electrons. The molecule has 3 heterocycles. The third-order valence-electron chi connectivity index (χ3n) is 8.77. The molecular formula is C32H42N6O2. The largest absolute Gasteiger partial charge is 0.463 e. The molecule has 0 spiro atoms. The molecular weight excluding hydrogens is 500 g/mol. The van der Waals surface area contributed by atoms with Gasteiger partial charge in [-0.3, -0.25) is 4.79 Å². The zero-order valence-corrected chi connectivity index (χ0v) is 24.4. The second-order valence-corrected chi connectivity index (χ2v) is 12.3. The third kappa shape index (κ3) is 5.46. The van der Waals surface area contributed by atoms with Crippen LogP contribution in [0.4, 0.5) is 11.5 Å². The maximum absolute atomic E-state index is 11.8. The minimum atomic E-state index is 0.139. The van der Waals surface area contributed by atoms with Crippen molar-refractivity contribution in [3.8, 4) is 6.01 Å². The van der Waals surface area contributed by atoms with Crippen molar-refractivity contribution >= 4 is 28.2 Å². The molecule has 1 saturated heterocycles. The minimum Gasteiger partial charge on any atom is -0.463 e. The Morgan fingerprint density at radius 3 is 2.60 bits per heavy atom. The van der Waals surface area contributed by atoms with Crippen molar-refractivity contribution < 1.29 is 9.53 Å². The Kier molecular flexibility index (Phi) is 7.29. The summed E-state index contributed by atoms with van der Waals surface area (Å²) >= 11 is 0. The van der Waals surface area contributed by atoms with Crippen molar-refractivity contribution in [2.45, 2.75) is 58.0 Å². The number of hydrogen-bond acceptors (Lipinski definition) is 7. The van der Waals surface area contributed by atoms with Crippen LogP contribution in [0.3, 0.4) is 0 Å². The van der Waals surface area contributed by atoms with Crippen molar-refractivity contribution in [2.24, 2.45) is 5.41 Å².